The topological polar surface area (TPSA) is 76.0 Å². The van der Waals surface area contributed by atoms with Gasteiger partial charge in [-0.1, -0.05) is 32.9 Å². The van der Waals surface area contributed by atoms with E-state index in [0.29, 0.717) is 61.6 Å². The normalized spacial score (nSPS) is 52.1. The van der Waals surface area contributed by atoms with E-state index in [1.807, 2.05) is 0 Å². The predicted octanol–water partition coefficient (Wildman–Crippen LogP) is 5.28. The Morgan fingerprint density at radius 2 is 1.77 bits per heavy atom. The molecular formula is C30H48O5. The molecule has 5 aliphatic rings. The van der Waals surface area contributed by atoms with Crippen LogP contribution in [0.3, 0.4) is 0 Å². The maximum atomic E-state index is 12.0. The molecule has 11 atom stereocenters. The molecule has 5 rings (SSSR count). The minimum absolute atomic E-state index is 0.0592. The summed E-state index contributed by atoms with van der Waals surface area (Å²) in [6.45, 7) is 8.45. The van der Waals surface area contributed by atoms with Crippen molar-refractivity contribution in [3.63, 3.8) is 0 Å². The lowest BCUT2D eigenvalue weighted by molar-refractivity contribution is -0.215. The number of rotatable bonds is 0. The van der Waals surface area contributed by atoms with Crippen LogP contribution in [-0.4, -0.2) is 47.7 Å². The second-order valence-electron chi connectivity index (χ2n) is 13.2. The summed E-state index contributed by atoms with van der Waals surface area (Å²) in [5, 5.41) is 22.0. The Hall–Kier alpha value is -0.910. The van der Waals surface area contributed by atoms with Crippen LogP contribution < -0.4 is 0 Å². The third kappa shape index (κ3) is 4.52. The number of aliphatic hydroxyl groups is 2. The molecule has 0 saturated heterocycles. The Balaban J connectivity index is 1.46. The summed E-state index contributed by atoms with van der Waals surface area (Å²) in [7, 11) is 0. The maximum absolute atomic E-state index is 12.0. The molecule has 35 heavy (non-hydrogen) atoms. The quantitative estimate of drug-likeness (QED) is 0.358. The van der Waals surface area contributed by atoms with Gasteiger partial charge in [0, 0.05) is 11.8 Å². The summed E-state index contributed by atoms with van der Waals surface area (Å²) in [5.41, 5.74) is 0.242. The molecule has 1 heterocycles. The van der Waals surface area contributed by atoms with E-state index in [-0.39, 0.29) is 35.1 Å². The van der Waals surface area contributed by atoms with Crippen molar-refractivity contribution in [1.29, 1.82) is 0 Å². The van der Waals surface area contributed by atoms with Crippen molar-refractivity contribution in [3.8, 4) is 0 Å². The van der Waals surface area contributed by atoms with Gasteiger partial charge in [0.1, 0.15) is 0 Å². The molecule has 0 aromatic heterocycles. The number of carbonyl (C=O) groups is 1. The summed E-state index contributed by atoms with van der Waals surface area (Å²) >= 11 is 0. The molecule has 0 spiro atoms. The van der Waals surface area contributed by atoms with Gasteiger partial charge >= 0.3 is 5.97 Å². The van der Waals surface area contributed by atoms with Gasteiger partial charge in [0.2, 0.25) is 0 Å². The zero-order valence-corrected chi connectivity index (χ0v) is 22.2. The van der Waals surface area contributed by atoms with E-state index in [9.17, 15) is 15.0 Å². The fraction of sp³-hybridized carbons (Fsp3) is 0.900. The molecule has 0 amide bonds. The molecule has 0 aromatic carbocycles. The summed E-state index contributed by atoms with van der Waals surface area (Å²) in [6.07, 6.45) is 14.0. The molecule has 0 aromatic rings. The highest BCUT2D eigenvalue weighted by atomic mass is 16.5. The molecule has 5 heteroatoms. The SMILES string of the molecule is C[C@@H]1CCCOC(=O)CC/C=C/CO[C@H]2C[C@H]3[C@@H]([C@H](O)C[C@@H]4C[C@H](O)CC[C@@]43C)[C@@H]3CC[C@H]1[C@@]23C. The Morgan fingerprint density at radius 1 is 0.971 bits per heavy atom. The Labute approximate surface area is 212 Å². The molecule has 5 nitrogen and oxygen atoms in total. The number of esters is 1. The molecule has 0 unspecified atom stereocenters. The highest BCUT2D eigenvalue weighted by Gasteiger charge is 2.66. The minimum atomic E-state index is -0.267. The number of cyclic esters (lactones) is 1. The van der Waals surface area contributed by atoms with Gasteiger partial charge in [-0.2, -0.15) is 0 Å². The van der Waals surface area contributed by atoms with Crippen LogP contribution in [0.2, 0.25) is 0 Å². The van der Waals surface area contributed by atoms with Gasteiger partial charge in [-0.15, -0.1) is 0 Å². The molecule has 198 valence electrons. The average Bonchev–Trinajstić information content (AvgIpc) is 3.17. The van der Waals surface area contributed by atoms with Crippen LogP contribution in [0.4, 0.5) is 0 Å². The number of carbonyl (C=O) groups excluding carboxylic acids is 1. The molecule has 1 aliphatic heterocycles. The second-order valence-corrected chi connectivity index (χ2v) is 13.2. The van der Waals surface area contributed by atoms with E-state index in [4.69, 9.17) is 9.47 Å². The summed E-state index contributed by atoms with van der Waals surface area (Å²) in [5.74, 6) is 2.69. The minimum Gasteiger partial charge on any atom is -0.466 e. The van der Waals surface area contributed by atoms with E-state index in [2.05, 4.69) is 32.9 Å². The van der Waals surface area contributed by atoms with Crippen LogP contribution in [0.25, 0.3) is 0 Å². The lowest BCUT2D eigenvalue weighted by atomic mass is 9.43. The summed E-state index contributed by atoms with van der Waals surface area (Å²) in [4.78, 5) is 12.0. The number of allylic oxidation sites excluding steroid dienone is 1. The van der Waals surface area contributed by atoms with Crippen LogP contribution in [0.5, 0.6) is 0 Å². The zero-order chi connectivity index (χ0) is 24.8. The van der Waals surface area contributed by atoms with Crippen LogP contribution in [-0.2, 0) is 14.3 Å². The van der Waals surface area contributed by atoms with Crippen LogP contribution in [0.15, 0.2) is 12.2 Å². The van der Waals surface area contributed by atoms with Gasteiger partial charge in [-0.05, 0) is 105 Å². The first-order chi connectivity index (χ1) is 16.7. The van der Waals surface area contributed by atoms with E-state index >= 15 is 0 Å². The number of aliphatic hydroxyl groups excluding tert-OH is 2. The van der Waals surface area contributed by atoms with Crippen molar-refractivity contribution in [2.75, 3.05) is 13.2 Å². The maximum Gasteiger partial charge on any atom is 0.306 e. The summed E-state index contributed by atoms with van der Waals surface area (Å²) in [6, 6.07) is 0. The van der Waals surface area contributed by atoms with Crippen molar-refractivity contribution in [2.24, 2.45) is 46.3 Å². The first-order valence-corrected chi connectivity index (χ1v) is 14.5. The van der Waals surface area contributed by atoms with Crippen molar-refractivity contribution in [1.82, 2.24) is 0 Å². The van der Waals surface area contributed by atoms with Crippen molar-refractivity contribution < 1.29 is 24.5 Å². The smallest absolute Gasteiger partial charge is 0.306 e. The highest BCUT2D eigenvalue weighted by Crippen LogP contribution is 2.68. The first-order valence-electron chi connectivity index (χ1n) is 14.5. The van der Waals surface area contributed by atoms with Crippen molar-refractivity contribution in [3.05, 3.63) is 12.2 Å². The fourth-order valence-electron chi connectivity index (χ4n) is 9.78. The zero-order valence-electron chi connectivity index (χ0n) is 22.2. The monoisotopic (exact) mass is 488 g/mol. The predicted molar refractivity (Wildman–Crippen MR) is 135 cm³/mol. The number of fused-ring (bicyclic) bond motifs is 4. The largest absolute Gasteiger partial charge is 0.466 e. The number of hydrogen-bond donors (Lipinski definition) is 2. The van der Waals surface area contributed by atoms with Crippen molar-refractivity contribution in [2.45, 2.75) is 110 Å². The molecule has 0 bridgehead atoms. The molecule has 4 aliphatic carbocycles. The number of ether oxygens (including phenoxy) is 2. The van der Waals surface area contributed by atoms with E-state index in [1.165, 1.54) is 12.8 Å². The van der Waals surface area contributed by atoms with Crippen molar-refractivity contribution >= 4 is 5.97 Å². The summed E-state index contributed by atoms with van der Waals surface area (Å²) < 4.78 is 12.3. The average molecular weight is 489 g/mol. The van der Waals surface area contributed by atoms with E-state index in [1.54, 1.807) is 0 Å². The third-order valence-corrected chi connectivity index (χ3v) is 11.6. The third-order valence-electron chi connectivity index (χ3n) is 11.6. The Kier molecular flexibility index (Phi) is 7.42. The van der Waals surface area contributed by atoms with Gasteiger partial charge in [-0.3, -0.25) is 4.79 Å². The second kappa shape index (κ2) is 10.1. The van der Waals surface area contributed by atoms with Crippen LogP contribution in [0.1, 0.15) is 91.4 Å². The van der Waals surface area contributed by atoms with Crippen LogP contribution >= 0.6 is 0 Å². The van der Waals surface area contributed by atoms with Gasteiger partial charge in [-0.25, -0.2) is 0 Å². The Morgan fingerprint density at radius 3 is 2.60 bits per heavy atom. The molecular weight excluding hydrogens is 440 g/mol. The fourth-order valence-corrected chi connectivity index (χ4v) is 9.78. The van der Waals surface area contributed by atoms with Gasteiger partial charge in [0.15, 0.2) is 0 Å². The van der Waals surface area contributed by atoms with Crippen LogP contribution in [0, 0.1) is 46.3 Å². The Bertz CT molecular complexity index is 796. The van der Waals surface area contributed by atoms with Gasteiger partial charge < -0.3 is 19.7 Å². The van der Waals surface area contributed by atoms with E-state index in [0.717, 1.165) is 44.9 Å². The molecule has 4 saturated carbocycles. The van der Waals surface area contributed by atoms with Gasteiger partial charge in [0.25, 0.3) is 0 Å². The highest BCUT2D eigenvalue weighted by molar-refractivity contribution is 5.69. The lowest BCUT2D eigenvalue weighted by Crippen LogP contribution is -2.62. The van der Waals surface area contributed by atoms with Gasteiger partial charge in [0.05, 0.1) is 31.5 Å². The molecule has 0 radical (unpaired) electrons. The van der Waals surface area contributed by atoms with E-state index < -0.39 is 0 Å². The number of hydrogen-bond acceptors (Lipinski definition) is 5. The first kappa shape index (κ1) is 25.7. The standard InChI is InChI=1S/C30H48O5/c1-19-8-7-15-35-27(33)9-5-4-6-14-34-26-18-24-28(23-11-10-22(19)30(23,26)3)25(32)17-20-16-21(31)12-13-29(20,24)2/h4,6,19-26,28,31-32H,5,7-18H2,1-3H3/b6-4+/t19-,20+,21-,22-,23+,24+,25-,26+,28+,29+,30-/m1/s1. The lowest BCUT2D eigenvalue weighted by Gasteiger charge is -2.64. The molecule has 4 fully saturated rings. The molecule has 2 N–H and O–H groups in total.